The van der Waals surface area contributed by atoms with E-state index in [9.17, 15) is 34.6 Å². The minimum Gasteiger partial charge on any atom is -0.347 e. The first kappa shape index (κ1) is 30.5. The molecule has 1 aliphatic rings. The Hall–Kier alpha value is -3.92. The van der Waals surface area contributed by atoms with Crippen molar-refractivity contribution in [3.05, 3.63) is 77.6 Å². The van der Waals surface area contributed by atoms with Gasteiger partial charge in [-0.1, -0.05) is 29.8 Å². The SMILES string of the molecule is Cc1ccc(S(=O)(=O)O)c(-c2c(C(=O)NCc3ccccc3S(C)(=O)=O)nc(N3CCCCS3(=O)=O)c3cccnc23)c1. The number of nitrogens with zero attached hydrogens (tertiary/aromatic N) is 3. The van der Waals surface area contributed by atoms with Crippen LogP contribution in [0.25, 0.3) is 22.0 Å². The molecule has 2 aromatic heterocycles. The Balaban J connectivity index is 1.78. The highest BCUT2D eigenvalue weighted by molar-refractivity contribution is 7.92. The second-order valence-corrected chi connectivity index (χ2v) is 15.6. The molecule has 1 aliphatic heterocycles. The molecular weight excluding hydrogens is 617 g/mol. The number of benzene rings is 2. The zero-order chi connectivity index (χ0) is 31.2. The topological polar surface area (TPSA) is 181 Å². The lowest BCUT2D eigenvalue weighted by atomic mass is 9.98. The van der Waals surface area contributed by atoms with Gasteiger partial charge in [0.25, 0.3) is 16.0 Å². The molecule has 5 rings (SSSR count). The molecule has 0 radical (unpaired) electrons. The maximum Gasteiger partial charge on any atom is 0.295 e. The highest BCUT2D eigenvalue weighted by atomic mass is 32.2. The minimum absolute atomic E-state index is 0.0103. The molecule has 12 nitrogen and oxygen atoms in total. The fraction of sp³-hybridized carbons (Fsp3) is 0.250. The second-order valence-electron chi connectivity index (χ2n) is 10.2. The number of sulfone groups is 1. The maximum absolute atomic E-state index is 13.9. The quantitative estimate of drug-likeness (QED) is 0.284. The Bertz CT molecular complexity index is 2100. The van der Waals surface area contributed by atoms with Gasteiger partial charge in [-0.2, -0.15) is 8.42 Å². The van der Waals surface area contributed by atoms with Crippen molar-refractivity contribution in [2.24, 2.45) is 0 Å². The Kier molecular flexibility index (Phi) is 8.02. The van der Waals surface area contributed by atoms with E-state index in [0.717, 1.165) is 10.6 Å². The van der Waals surface area contributed by atoms with Gasteiger partial charge in [-0.25, -0.2) is 21.8 Å². The van der Waals surface area contributed by atoms with Crippen LogP contribution in [-0.2, 0) is 36.5 Å². The summed E-state index contributed by atoms with van der Waals surface area (Å²) in [7, 11) is -12.2. The van der Waals surface area contributed by atoms with Gasteiger partial charge in [-0.05, 0) is 55.7 Å². The molecule has 43 heavy (non-hydrogen) atoms. The second kappa shape index (κ2) is 11.3. The standard InChI is InChI=1S/C28H28N4O8S3/c1-18-11-12-23(43(38,39)40)21(16-18)24-25-20(9-7-13-29-25)27(32-14-5-6-15-42(32,36)37)31-26(24)28(33)30-17-19-8-3-4-10-22(19)41(2,34)35/h3-4,7-13,16H,5-6,14-15,17H2,1-2H3,(H,30,33)(H,38,39,40). The lowest BCUT2D eigenvalue weighted by molar-refractivity contribution is 0.0946. The largest absolute Gasteiger partial charge is 0.347 e. The summed E-state index contributed by atoms with van der Waals surface area (Å²) in [5.41, 5.74) is 0.529. The third-order valence-electron chi connectivity index (χ3n) is 7.03. The fourth-order valence-electron chi connectivity index (χ4n) is 5.09. The zero-order valence-corrected chi connectivity index (χ0v) is 25.6. The Morgan fingerprint density at radius 3 is 2.47 bits per heavy atom. The molecule has 0 aliphatic carbocycles. The van der Waals surface area contributed by atoms with Crippen LogP contribution in [0, 0.1) is 6.92 Å². The van der Waals surface area contributed by atoms with E-state index in [1.807, 2.05) is 0 Å². The van der Waals surface area contributed by atoms with E-state index in [1.165, 1.54) is 36.5 Å². The third kappa shape index (κ3) is 6.11. The number of hydrogen-bond acceptors (Lipinski definition) is 9. The Morgan fingerprint density at radius 1 is 1.02 bits per heavy atom. The molecule has 4 aromatic rings. The summed E-state index contributed by atoms with van der Waals surface area (Å²) in [6, 6.07) is 13.4. The summed E-state index contributed by atoms with van der Waals surface area (Å²) in [6.07, 6.45) is 3.47. The molecule has 0 unspecified atom stereocenters. The summed E-state index contributed by atoms with van der Waals surface area (Å²) < 4.78 is 87.1. The Labute approximate surface area is 249 Å². The third-order valence-corrected chi connectivity index (χ3v) is 11.0. The van der Waals surface area contributed by atoms with E-state index in [0.29, 0.717) is 24.0 Å². The summed E-state index contributed by atoms with van der Waals surface area (Å²) >= 11 is 0. The van der Waals surface area contributed by atoms with Crippen molar-refractivity contribution in [2.75, 3.05) is 22.9 Å². The highest BCUT2D eigenvalue weighted by Gasteiger charge is 2.33. The van der Waals surface area contributed by atoms with E-state index in [-0.39, 0.29) is 57.3 Å². The van der Waals surface area contributed by atoms with E-state index in [1.54, 1.807) is 31.2 Å². The van der Waals surface area contributed by atoms with Crippen molar-refractivity contribution in [3.8, 4) is 11.1 Å². The van der Waals surface area contributed by atoms with Gasteiger partial charge in [0.15, 0.2) is 15.7 Å². The van der Waals surface area contributed by atoms with Crippen LogP contribution in [0.4, 0.5) is 5.82 Å². The molecule has 0 saturated carbocycles. The van der Waals surface area contributed by atoms with Gasteiger partial charge in [0.05, 0.1) is 16.2 Å². The van der Waals surface area contributed by atoms with E-state index in [4.69, 9.17) is 0 Å². The number of sulfonamides is 1. The van der Waals surface area contributed by atoms with Crippen LogP contribution < -0.4 is 9.62 Å². The van der Waals surface area contributed by atoms with Gasteiger partial charge >= 0.3 is 0 Å². The monoisotopic (exact) mass is 644 g/mol. The summed E-state index contributed by atoms with van der Waals surface area (Å²) in [4.78, 5) is 22.4. The minimum atomic E-state index is -4.80. The molecular formula is C28H28N4O8S3. The normalized spacial score (nSPS) is 15.4. The number of aryl methyl sites for hydroxylation is 1. The van der Waals surface area contributed by atoms with Crippen molar-refractivity contribution < 1.29 is 34.6 Å². The first-order chi connectivity index (χ1) is 20.2. The predicted molar refractivity (Wildman–Crippen MR) is 161 cm³/mol. The van der Waals surface area contributed by atoms with Crippen LogP contribution in [0.15, 0.2) is 70.6 Å². The van der Waals surface area contributed by atoms with Crippen molar-refractivity contribution in [1.29, 1.82) is 0 Å². The van der Waals surface area contributed by atoms with Gasteiger partial charge in [-0.15, -0.1) is 0 Å². The molecule has 1 fully saturated rings. The number of fused-ring (bicyclic) bond motifs is 1. The molecule has 2 N–H and O–H groups in total. The maximum atomic E-state index is 13.9. The first-order valence-electron chi connectivity index (χ1n) is 13.1. The van der Waals surface area contributed by atoms with E-state index < -0.39 is 40.8 Å². The average Bonchev–Trinajstić information content (AvgIpc) is 2.94. The molecule has 1 saturated heterocycles. The number of pyridine rings is 2. The van der Waals surface area contributed by atoms with Crippen molar-refractivity contribution in [2.45, 2.75) is 36.1 Å². The molecule has 15 heteroatoms. The average molecular weight is 645 g/mol. The summed E-state index contributed by atoms with van der Waals surface area (Å²) in [5, 5.41) is 2.91. The number of nitrogens with one attached hydrogen (secondary N) is 1. The number of rotatable bonds is 7. The van der Waals surface area contributed by atoms with Gasteiger partial charge in [0.2, 0.25) is 10.0 Å². The van der Waals surface area contributed by atoms with Crippen LogP contribution >= 0.6 is 0 Å². The van der Waals surface area contributed by atoms with Crippen LogP contribution in [0.1, 0.15) is 34.5 Å². The molecule has 2 aromatic carbocycles. The number of anilines is 1. The van der Waals surface area contributed by atoms with Crippen LogP contribution in [0.3, 0.4) is 0 Å². The number of hydrogen-bond donors (Lipinski definition) is 2. The molecule has 0 atom stereocenters. The van der Waals surface area contributed by atoms with E-state index >= 15 is 0 Å². The number of amides is 1. The van der Waals surface area contributed by atoms with Gasteiger partial charge in [0.1, 0.15) is 10.6 Å². The fourth-order valence-corrected chi connectivity index (χ4v) is 8.31. The van der Waals surface area contributed by atoms with Gasteiger partial charge in [0, 0.05) is 42.1 Å². The number of carbonyl (C=O) groups excluding carboxylic acids is 1. The van der Waals surface area contributed by atoms with Crippen LogP contribution in [-0.4, -0.2) is 64.2 Å². The molecule has 1 amide bonds. The highest BCUT2D eigenvalue weighted by Crippen LogP contribution is 2.39. The molecule has 0 bridgehead atoms. The zero-order valence-electron chi connectivity index (χ0n) is 23.2. The number of carbonyl (C=O) groups is 1. The molecule has 226 valence electrons. The number of aromatic nitrogens is 2. The predicted octanol–water partition coefficient (Wildman–Crippen LogP) is 3.12. The van der Waals surface area contributed by atoms with Crippen molar-refractivity contribution in [3.63, 3.8) is 0 Å². The van der Waals surface area contributed by atoms with Gasteiger partial charge < -0.3 is 5.32 Å². The van der Waals surface area contributed by atoms with E-state index in [2.05, 4.69) is 15.3 Å². The van der Waals surface area contributed by atoms with Crippen LogP contribution in [0.5, 0.6) is 0 Å². The van der Waals surface area contributed by atoms with Crippen LogP contribution in [0.2, 0.25) is 0 Å². The smallest absolute Gasteiger partial charge is 0.295 e. The van der Waals surface area contributed by atoms with Gasteiger partial charge in [-0.3, -0.25) is 18.6 Å². The Morgan fingerprint density at radius 2 is 1.77 bits per heavy atom. The summed E-state index contributed by atoms with van der Waals surface area (Å²) in [5.74, 6) is -1.01. The lowest BCUT2D eigenvalue weighted by Gasteiger charge is -2.29. The first-order valence-corrected chi connectivity index (χ1v) is 18.1. The van der Waals surface area contributed by atoms with Crippen molar-refractivity contribution >= 4 is 52.6 Å². The summed E-state index contributed by atoms with van der Waals surface area (Å²) in [6.45, 7) is 1.57. The molecule has 3 heterocycles. The molecule has 0 spiro atoms. The van der Waals surface area contributed by atoms with Crippen molar-refractivity contribution in [1.82, 2.24) is 15.3 Å². The lowest BCUT2D eigenvalue weighted by Crippen LogP contribution is -2.39.